The Labute approximate surface area is 168 Å². The first-order valence-corrected chi connectivity index (χ1v) is 9.35. The number of ether oxygens (including phenoxy) is 1. The summed E-state index contributed by atoms with van der Waals surface area (Å²) in [5.74, 6) is 0.187. The maximum absolute atomic E-state index is 12.4. The largest absolute Gasteiger partial charge is 0.497 e. The number of aliphatic imine (C=N–C) groups is 1. The van der Waals surface area contributed by atoms with Crippen LogP contribution in [-0.4, -0.2) is 34.0 Å². The van der Waals surface area contributed by atoms with E-state index in [1.165, 1.54) is 7.11 Å². The highest BCUT2D eigenvalue weighted by molar-refractivity contribution is 6.02. The van der Waals surface area contributed by atoms with Crippen LogP contribution in [0.1, 0.15) is 24.5 Å². The molecule has 0 aliphatic rings. The standard InChI is InChI=1S/C22H23N3O4/c1-3-18(23-14-13-15-7-5-4-6-8-15)19-20(26)24-22(28)25(21(19)27)16-9-11-17(29-2)12-10-16/h4-12,27H,3,13-14H2,1-2H3,(H,24,26,28). The number of nitrogens with zero attached hydrogens (tertiary/aromatic N) is 2. The molecule has 3 rings (SSSR count). The second-order valence-corrected chi connectivity index (χ2v) is 6.41. The minimum atomic E-state index is -0.721. The number of H-pyrrole nitrogens is 1. The van der Waals surface area contributed by atoms with Gasteiger partial charge in [0.1, 0.15) is 11.3 Å². The van der Waals surface area contributed by atoms with Crippen molar-refractivity contribution in [2.45, 2.75) is 19.8 Å². The molecule has 0 aliphatic carbocycles. The highest BCUT2D eigenvalue weighted by Gasteiger charge is 2.19. The van der Waals surface area contributed by atoms with Gasteiger partial charge in [0.05, 0.1) is 18.5 Å². The van der Waals surface area contributed by atoms with E-state index in [0.29, 0.717) is 36.5 Å². The molecule has 3 aromatic rings. The average Bonchev–Trinajstić information content (AvgIpc) is 2.73. The second-order valence-electron chi connectivity index (χ2n) is 6.41. The number of hydrogen-bond acceptors (Lipinski definition) is 5. The first-order valence-electron chi connectivity index (χ1n) is 9.35. The Morgan fingerprint density at radius 1 is 1.10 bits per heavy atom. The van der Waals surface area contributed by atoms with Gasteiger partial charge in [-0.2, -0.15) is 0 Å². The molecule has 0 bridgehead atoms. The molecule has 0 radical (unpaired) electrons. The lowest BCUT2D eigenvalue weighted by atomic mass is 10.1. The van der Waals surface area contributed by atoms with Crippen molar-refractivity contribution in [2.75, 3.05) is 13.7 Å². The van der Waals surface area contributed by atoms with E-state index < -0.39 is 17.1 Å². The molecular weight excluding hydrogens is 370 g/mol. The highest BCUT2D eigenvalue weighted by atomic mass is 16.5. The quantitative estimate of drug-likeness (QED) is 0.603. The van der Waals surface area contributed by atoms with Gasteiger partial charge in [-0.25, -0.2) is 9.36 Å². The summed E-state index contributed by atoms with van der Waals surface area (Å²) in [7, 11) is 1.54. The van der Waals surface area contributed by atoms with Gasteiger partial charge in [0.15, 0.2) is 0 Å². The third kappa shape index (κ3) is 4.45. The molecule has 0 saturated carbocycles. The third-order valence-electron chi connectivity index (χ3n) is 4.59. The molecule has 0 saturated heterocycles. The zero-order chi connectivity index (χ0) is 20.8. The van der Waals surface area contributed by atoms with Crippen LogP contribution < -0.4 is 16.0 Å². The van der Waals surface area contributed by atoms with Crippen LogP contribution in [0.3, 0.4) is 0 Å². The van der Waals surface area contributed by atoms with Crippen LogP contribution in [0.2, 0.25) is 0 Å². The van der Waals surface area contributed by atoms with Crippen molar-refractivity contribution in [3.05, 3.63) is 86.6 Å². The number of rotatable bonds is 7. The topological polar surface area (TPSA) is 96.7 Å². The van der Waals surface area contributed by atoms with E-state index in [0.717, 1.165) is 10.1 Å². The Hall–Kier alpha value is -3.61. The van der Waals surface area contributed by atoms with Crippen LogP contribution in [0.5, 0.6) is 11.6 Å². The van der Waals surface area contributed by atoms with Crippen molar-refractivity contribution >= 4 is 5.71 Å². The van der Waals surface area contributed by atoms with E-state index in [4.69, 9.17) is 4.74 Å². The fourth-order valence-electron chi connectivity index (χ4n) is 3.09. The Kier molecular flexibility index (Phi) is 6.29. The molecule has 0 amide bonds. The smallest absolute Gasteiger partial charge is 0.335 e. The van der Waals surface area contributed by atoms with Gasteiger partial charge < -0.3 is 9.84 Å². The van der Waals surface area contributed by atoms with Gasteiger partial charge in [0.2, 0.25) is 5.88 Å². The summed E-state index contributed by atoms with van der Waals surface area (Å²) in [5, 5.41) is 10.8. The molecule has 1 heterocycles. The molecule has 2 aromatic carbocycles. The van der Waals surface area contributed by atoms with Crippen molar-refractivity contribution in [1.29, 1.82) is 0 Å². The van der Waals surface area contributed by atoms with Crippen molar-refractivity contribution in [1.82, 2.24) is 9.55 Å². The molecule has 1 aromatic heterocycles. The molecule has 0 atom stereocenters. The third-order valence-corrected chi connectivity index (χ3v) is 4.59. The lowest BCUT2D eigenvalue weighted by molar-refractivity contribution is 0.414. The SMILES string of the molecule is CCC(=NCCc1ccccc1)c1c(O)n(-c2ccc(OC)cc2)c(=O)[nH]c1=O. The fourth-order valence-corrected chi connectivity index (χ4v) is 3.09. The predicted octanol–water partition coefficient (Wildman–Crippen LogP) is 2.68. The minimum absolute atomic E-state index is 0.0102. The summed E-state index contributed by atoms with van der Waals surface area (Å²) in [6.07, 6.45) is 1.15. The Balaban J connectivity index is 1.99. The number of methoxy groups -OCH3 is 1. The van der Waals surface area contributed by atoms with Crippen molar-refractivity contribution in [2.24, 2.45) is 4.99 Å². The highest BCUT2D eigenvalue weighted by Crippen LogP contribution is 2.20. The van der Waals surface area contributed by atoms with Gasteiger partial charge in [-0.1, -0.05) is 37.3 Å². The van der Waals surface area contributed by atoms with Gasteiger partial charge in [0.25, 0.3) is 5.56 Å². The monoisotopic (exact) mass is 393 g/mol. The van der Waals surface area contributed by atoms with Gasteiger partial charge in [-0.15, -0.1) is 0 Å². The molecule has 0 aliphatic heterocycles. The maximum atomic E-state index is 12.4. The van der Waals surface area contributed by atoms with Crippen LogP contribution in [0.15, 0.2) is 69.2 Å². The summed E-state index contributed by atoms with van der Waals surface area (Å²) in [5.41, 5.74) is 0.621. The van der Waals surface area contributed by atoms with Crippen molar-refractivity contribution < 1.29 is 9.84 Å². The van der Waals surface area contributed by atoms with Crippen LogP contribution in [0.4, 0.5) is 0 Å². The summed E-state index contributed by atoms with van der Waals surface area (Å²) in [4.78, 5) is 31.6. The Morgan fingerprint density at radius 2 is 1.79 bits per heavy atom. The van der Waals surface area contributed by atoms with E-state index >= 15 is 0 Å². The Morgan fingerprint density at radius 3 is 2.41 bits per heavy atom. The first-order chi connectivity index (χ1) is 14.0. The normalized spacial score (nSPS) is 11.4. The van der Waals surface area contributed by atoms with E-state index in [9.17, 15) is 14.7 Å². The van der Waals surface area contributed by atoms with Gasteiger partial charge in [-0.3, -0.25) is 14.8 Å². The second kappa shape index (κ2) is 9.05. The number of nitrogens with one attached hydrogen (secondary N) is 1. The van der Waals surface area contributed by atoms with Gasteiger partial charge in [-0.05, 0) is 42.7 Å². The van der Waals surface area contributed by atoms with Crippen molar-refractivity contribution in [3.63, 3.8) is 0 Å². The molecule has 2 N–H and O–H groups in total. The van der Waals surface area contributed by atoms with Gasteiger partial charge >= 0.3 is 5.69 Å². The van der Waals surface area contributed by atoms with Crippen LogP contribution >= 0.6 is 0 Å². The molecule has 29 heavy (non-hydrogen) atoms. The van der Waals surface area contributed by atoms with Crippen LogP contribution in [-0.2, 0) is 6.42 Å². The van der Waals surface area contributed by atoms with E-state index in [1.807, 2.05) is 37.3 Å². The van der Waals surface area contributed by atoms with E-state index in [1.54, 1.807) is 24.3 Å². The molecule has 150 valence electrons. The first kappa shape index (κ1) is 20.1. The van der Waals surface area contributed by atoms with Crippen LogP contribution in [0, 0.1) is 0 Å². The lowest BCUT2D eigenvalue weighted by Gasteiger charge is -2.13. The molecule has 0 unspecified atom stereocenters. The summed E-state index contributed by atoms with van der Waals surface area (Å²) < 4.78 is 6.17. The van der Waals surface area contributed by atoms with E-state index in [-0.39, 0.29) is 5.56 Å². The number of aromatic nitrogens is 2. The number of hydrogen-bond donors (Lipinski definition) is 2. The lowest BCUT2D eigenvalue weighted by Crippen LogP contribution is -2.33. The van der Waals surface area contributed by atoms with Gasteiger partial charge in [0, 0.05) is 6.54 Å². The molecule has 0 fully saturated rings. The summed E-state index contributed by atoms with van der Waals surface area (Å²) in [6, 6.07) is 16.5. The molecule has 0 spiro atoms. The number of benzene rings is 2. The zero-order valence-corrected chi connectivity index (χ0v) is 16.4. The number of aromatic amines is 1. The Bertz CT molecular complexity index is 1110. The predicted molar refractivity (Wildman–Crippen MR) is 113 cm³/mol. The number of aromatic hydroxyl groups is 1. The van der Waals surface area contributed by atoms with E-state index in [2.05, 4.69) is 9.98 Å². The molecule has 7 nitrogen and oxygen atoms in total. The zero-order valence-electron chi connectivity index (χ0n) is 16.4. The summed E-state index contributed by atoms with van der Waals surface area (Å²) >= 11 is 0. The maximum Gasteiger partial charge on any atom is 0.335 e. The average molecular weight is 393 g/mol. The summed E-state index contributed by atoms with van der Waals surface area (Å²) in [6.45, 7) is 2.32. The van der Waals surface area contributed by atoms with Crippen LogP contribution in [0.25, 0.3) is 5.69 Å². The minimum Gasteiger partial charge on any atom is -0.497 e. The molecular formula is C22H23N3O4. The van der Waals surface area contributed by atoms with Crippen molar-refractivity contribution in [3.8, 4) is 17.3 Å². The fraction of sp³-hybridized carbons (Fsp3) is 0.227. The molecule has 7 heteroatoms.